The molecule has 2 nitrogen and oxygen atoms in total. The SMILES string of the molecule is C=CC(C)NCCCCOC. The molecular formula is C9H19NO. The van der Waals surface area contributed by atoms with E-state index in [2.05, 4.69) is 18.8 Å². The minimum absolute atomic E-state index is 0.428. The summed E-state index contributed by atoms with van der Waals surface area (Å²) in [7, 11) is 1.74. The number of ether oxygens (including phenoxy) is 1. The summed E-state index contributed by atoms with van der Waals surface area (Å²) in [6, 6.07) is 0.428. The summed E-state index contributed by atoms with van der Waals surface area (Å²) in [5.41, 5.74) is 0. The van der Waals surface area contributed by atoms with Crippen molar-refractivity contribution in [3.63, 3.8) is 0 Å². The molecule has 0 saturated heterocycles. The lowest BCUT2D eigenvalue weighted by Gasteiger charge is -2.07. The Kier molecular flexibility index (Phi) is 7.52. The quantitative estimate of drug-likeness (QED) is 0.447. The lowest BCUT2D eigenvalue weighted by molar-refractivity contribution is 0.192. The van der Waals surface area contributed by atoms with E-state index in [0.717, 1.165) is 19.6 Å². The Morgan fingerprint density at radius 2 is 2.27 bits per heavy atom. The van der Waals surface area contributed by atoms with E-state index in [1.165, 1.54) is 6.42 Å². The van der Waals surface area contributed by atoms with Gasteiger partial charge in [0.2, 0.25) is 0 Å². The van der Waals surface area contributed by atoms with Crippen LogP contribution in [-0.4, -0.2) is 26.3 Å². The maximum Gasteiger partial charge on any atom is 0.0462 e. The first-order chi connectivity index (χ1) is 5.31. The topological polar surface area (TPSA) is 21.3 Å². The van der Waals surface area contributed by atoms with Gasteiger partial charge in [-0.15, -0.1) is 6.58 Å². The van der Waals surface area contributed by atoms with E-state index in [0.29, 0.717) is 6.04 Å². The fourth-order valence-corrected chi connectivity index (χ4v) is 0.784. The van der Waals surface area contributed by atoms with Crippen LogP contribution in [-0.2, 0) is 4.74 Å². The fourth-order valence-electron chi connectivity index (χ4n) is 0.784. The monoisotopic (exact) mass is 157 g/mol. The van der Waals surface area contributed by atoms with Crippen LogP contribution >= 0.6 is 0 Å². The molecule has 0 amide bonds. The molecule has 0 aromatic rings. The molecule has 1 atom stereocenters. The molecule has 1 unspecified atom stereocenters. The van der Waals surface area contributed by atoms with E-state index in [-0.39, 0.29) is 0 Å². The average molecular weight is 157 g/mol. The second-order valence-electron chi connectivity index (χ2n) is 2.68. The lowest BCUT2D eigenvalue weighted by atomic mass is 10.3. The van der Waals surface area contributed by atoms with Crippen LogP contribution in [0.1, 0.15) is 19.8 Å². The van der Waals surface area contributed by atoms with Gasteiger partial charge < -0.3 is 10.1 Å². The zero-order valence-electron chi connectivity index (χ0n) is 7.60. The van der Waals surface area contributed by atoms with E-state index in [1.807, 2.05) is 6.08 Å². The third-order valence-corrected chi connectivity index (χ3v) is 1.60. The molecule has 0 radical (unpaired) electrons. The highest BCUT2D eigenvalue weighted by atomic mass is 16.5. The minimum atomic E-state index is 0.428. The first kappa shape index (κ1) is 10.7. The summed E-state index contributed by atoms with van der Waals surface area (Å²) in [5.74, 6) is 0. The molecule has 0 aliphatic carbocycles. The highest BCUT2D eigenvalue weighted by molar-refractivity contribution is 4.80. The minimum Gasteiger partial charge on any atom is -0.385 e. The van der Waals surface area contributed by atoms with E-state index in [9.17, 15) is 0 Å². The molecule has 0 heterocycles. The smallest absolute Gasteiger partial charge is 0.0462 e. The Balaban J connectivity index is 2.95. The van der Waals surface area contributed by atoms with Gasteiger partial charge in [-0.2, -0.15) is 0 Å². The molecule has 1 N–H and O–H groups in total. The van der Waals surface area contributed by atoms with Crippen molar-refractivity contribution in [3.05, 3.63) is 12.7 Å². The number of unbranched alkanes of at least 4 members (excludes halogenated alkanes) is 1. The van der Waals surface area contributed by atoms with E-state index in [1.54, 1.807) is 7.11 Å². The van der Waals surface area contributed by atoms with Gasteiger partial charge in [-0.25, -0.2) is 0 Å². The van der Waals surface area contributed by atoms with Gasteiger partial charge in [0.1, 0.15) is 0 Å². The second-order valence-corrected chi connectivity index (χ2v) is 2.68. The highest BCUT2D eigenvalue weighted by Gasteiger charge is 1.92. The summed E-state index contributed by atoms with van der Waals surface area (Å²) >= 11 is 0. The Morgan fingerprint density at radius 3 is 2.82 bits per heavy atom. The van der Waals surface area contributed by atoms with Crippen LogP contribution in [0.3, 0.4) is 0 Å². The molecule has 0 aliphatic heterocycles. The number of nitrogens with one attached hydrogen (secondary N) is 1. The van der Waals surface area contributed by atoms with Crippen LogP contribution in [0.5, 0.6) is 0 Å². The molecule has 0 bridgehead atoms. The van der Waals surface area contributed by atoms with E-state index in [4.69, 9.17) is 4.74 Å². The first-order valence-electron chi connectivity index (χ1n) is 4.16. The fraction of sp³-hybridized carbons (Fsp3) is 0.778. The number of rotatable bonds is 7. The van der Waals surface area contributed by atoms with Crippen LogP contribution < -0.4 is 5.32 Å². The van der Waals surface area contributed by atoms with Crippen molar-refractivity contribution in [2.75, 3.05) is 20.3 Å². The van der Waals surface area contributed by atoms with Crippen molar-refractivity contribution >= 4 is 0 Å². The second kappa shape index (κ2) is 7.76. The molecule has 0 spiro atoms. The van der Waals surface area contributed by atoms with E-state index >= 15 is 0 Å². The maximum absolute atomic E-state index is 4.93. The predicted octanol–water partition coefficient (Wildman–Crippen LogP) is 1.58. The van der Waals surface area contributed by atoms with Crippen LogP contribution in [0.2, 0.25) is 0 Å². The summed E-state index contributed by atoms with van der Waals surface area (Å²) in [4.78, 5) is 0. The number of hydrogen-bond donors (Lipinski definition) is 1. The molecule has 66 valence electrons. The van der Waals surface area contributed by atoms with Gasteiger partial charge in [-0.1, -0.05) is 6.08 Å². The summed E-state index contributed by atoms with van der Waals surface area (Å²) in [6.45, 7) is 7.71. The molecule has 2 heteroatoms. The van der Waals surface area contributed by atoms with Crippen molar-refractivity contribution < 1.29 is 4.74 Å². The lowest BCUT2D eigenvalue weighted by Crippen LogP contribution is -2.24. The number of hydrogen-bond acceptors (Lipinski definition) is 2. The average Bonchev–Trinajstić information content (AvgIpc) is 2.04. The largest absolute Gasteiger partial charge is 0.385 e. The zero-order chi connectivity index (χ0) is 8.53. The van der Waals surface area contributed by atoms with Gasteiger partial charge in [0.05, 0.1) is 0 Å². The van der Waals surface area contributed by atoms with Gasteiger partial charge in [0, 0.05) is 19.8 Å². The van der Waals surface area contributed by atoms with Crippen LogP contribution in [0, 0.1) is 0 Å². The summed E-state index contributed by atoms with van der Waals surface area (Å²) in [5, 5.41) is 3.32. The molecule has 11 heavy (non-hydrogen) atoms. The van der Waals surface area contributed by atoms with E-state index < -0.39 is 0 Å². The van der Waals surface area contributed by atoms with Crippen molar-refractivity contribution in [3.8, 4) is 0 Å². The molecule has 0 aliphatic rings. The highest BCUT2D eigenvalue weighted by Crippen LogP contribution is 1.88. The summed E-state index contributed by atoms with van der Waals surface area (Å²) in [6.07, 6.45) is 4.22. The zero-order valence-corrected chi connectivity index (χ0v) is 7.60. The molecule has 0 aromatic heterocycles. The van der Waals surface area contributed by atoms with Gasteiger partial charge in [0.15, 0.2) is 0 Å². The Hall–Kier alpha value is -0.340. The van der Waals surface area contributed by atoms with Crippen molar-refractivity contribution in [2.24, 2.45) is 0 Å². The Labute approximate surface area is 69.6 Å². The maximum atomic E-state index is 4.93. The third kappa shape index (κ3) is 7.56. The van der Waals surface area contributed by atoms with Crippen molar-refractivity contribution in [2.45, 2.75) is 25.8 Å². The predicted molar refractivity (Wildman–Crippen MR) is 48.8 cm³/mol. The van der Waals surface area contributed by atoms with Gasteiger partial charge >= 0.3 is 0 Å². The molecule has 0 rings (SSSR count). The van der Waals surface area contributed by atoms with Crippen molar-refractivity contribution in [1.82, 2.24) is 5.32 Å². The Bertz CT molecular complexity index is 93.6. The van der Waals surface area contributed by atoms with Gasteiger partial charge in [0.25, 0.3) is 0 Å². The molecule has 0 saturated carbocycles. The van der Waals surface area contributed by atoms with Crippen LogP contribution in [0.15, 0.2) is 12.7 Å². The van der Waals surface area contributed by atoms with Crippen molar-refractivity contribution in [1.29, 1.82) is 0 Å². The van der Waals surface area contributed by atoms with Gasteiger partial charge in [-0.05, 0) is 26.3 Å². The summed E-state index contributed by atoms with van der Waals surface area (Å²) < 4.78 is 4.93. The standard InChI is InChI=1S/C9H19NO/c1-4-9(2)10-7-5-6-8-11-3/h4,9-10H,1,5-8H2,2-3H3. The Morgan fingerprint density at radius 1 is 1.55 bits per heavy atom. The van der Waals surface area contributed by atoms with Crippen LogP contribution in [0.4, 0.5) is 0 Å². The molecule has 0 fully saturated rings. The molecular weight excluding hydrogens is 138 g/mol. The normalized spacial score (nSPS) is 12.9. The third-order valence-electron chi connectivity index (χ3n) is 1.60. The first-order valence-corrected chi connectivity index (χ1v) is 4.16. The number of methoxy groups -OCH3 is 1. The molecule has 0 aromatic carbocycles. The van der Waals surface area contributed by atoms with Crippen LogP contribution in [0.25, 0.3) is 0 Å². The van der Waals surface area contributed by atoms with Gasteiger partial charge in [-0.3, -0.25) is 0 Å².